The number of benzene rings is 3. The number of rotatable bonds is 6. The van der Waals surface area contributed by atoms with Gasteiger partial charge in [-0.05, 0) is 61.0 Å². The van der Waals surface area contributed by atoms with Crippen molar-refractivity contribution in [3.8, 4) is 5.75 Å². The molecule has 32 heavy (non-hydrogen) atoms. The number of anilines is 1. The summed E-state index contributed by atoms with van der Waals surface area (Å²) < 4.78 is 6.88. The fourth-order valence-corrected chi connectivity index (χ4v) is 3.64. The van der Waals surface area contributed by atoms with Crippen LogP contribution in [0.5, 0.6) is 5.75 Å². The van der Waals surface area contributed by atoms with Gasteiger partial charge < -0.3 is 9.84 Å². The molecule has 0 aliphatic carbocycles. The number of amides is 1. The van der Waals surface area contributed by atoms with Gasteiger partial charge in [0.25, 0.3) is 5.91 Å². The molecular formula is C25H19BrN2O4. The Bertz CT molecular complexity index is 1230. The Labute approximate surface area is 193 Å². The van der Waals surface area contributed by atoms with Gasteiger partial charge in [-0.3, -0.25) is 4.79 Å². The number of hydrogen-bond donors (Lipinski definition) is 1. The van der Waals surface area contributed by atoms with Gasteiger partial charge in [0.1, 0.15) is 12.4 Å². The highest BCUT2D eigenvalue weighted by atomic mass is 79.9. The summed E-state index contributed by atoms with van der Waals surface area (Å²) in [6.45, 7) is 2.17. The number of aromatic carboxylic acids is 1. The van der Waals surface area contributed by atoms with E-state index in [-0.39, 0.29) is 11.5 Å². The molecule has 0 saturated carbocycles. The van der Waals surface area contributed by atoms with Crippen molar-refractivity contribution >= 4 is 45.3 Å². The Morgan fingerprint density at radius 3 is 2.50 bits per heavy atom. The summed E-state index contributed by atoms with van der Waals surface area (Å²) >= 11 is 3.48. The summed E-state index contributed by atoms with van der Waals surface area (Å²) in [5.74, 6) is -0.670. The monoisotopic (exact) mass is 490 g/mol. The summed E-state index contributed by atoms with van der Waals surface area (Å²) in [6.07, 6.45) is 1.76. The van der Waals surface area contributed by atoms with Gasteiger partial charge in [0, 0.05) is 10.0 Å². The fourth-order valence-electron chi connectivity index (χ4n) is 3.26. The van der Waals surface area contributed by atoms with Crippen LogP contribution in [0.3, 0.4) is 0 Å². The number of ether oxygens (including phenoxy) is 1. The minimum atomic E-state index is -1.03. The van der Waals surface area contributed by atoms with Gasteiger partial charge in [-0.2, -0.15) is 10.1 Å². The van der Waals surface area contributed by atoms with E-state index in [1.54, 1.807) is 25.1 Å². The zero-order chi connectivity index (χ0) is 22.7. The minimum absolute atomic E-state index is 0.145. The molecule has 3 aromatic carbocycles. The van der Waals surface area contributed by atoms with Crippen LogP contribution in [0.1, 0.15) is 28.4 Å². The maximum atomic E-state index is 13.1. The molecule has 1 aliphatic rings. The molecule has 0 fully saturated rings. The number of hydrazone groups is 1. The Hall–Kier alpha value is -3.71. The smallest absolute Gasteiger partial charge is 0.335 e. The quantitative estimate of drug-likeness (QED) is 0.460. The van der Waals surface area contributed by atoms with E-state index in [9.17, 15) is 9.59 Å². The number of carbonyl (C=O) groups is 2. The van der Waals surface area contributed by atoms with Gasteiger partial charge in [-0.25, -0.2) is 4.79 Å². The summed E-state index contributed by atoms with van der Waals surface area (Å²) in [4.78, 5) is 24.2. The molecule has 0 radical (unpaired) electrons. The molecule has 0 unspecified atom stereocenters. The largest absolute Gasteiger partial charge is 0.488 e. The molecule has 1 amide bonds. The van der Waals surface area contributed by atoms with Crippen LogP contribution in [-0.4, -0.2) is 22.7 Å². The summed E-state index contributed by atoms with van der Waals surface area (Å²) in [5, 5.41) is 14.7. The van der Waals surface area contributed by atoms with Crippen molar-refractivity contribution in [3.63, 3.8) is 0 Å². The molecule has 7 heteroatoms. The van der Waals surface area contributed by atoms with E-state index < -0.39 is 5.97 Å². The Morgan fingerprint density at radius 2 is 1.81 bits per heavy atom. The Morgan fingerprint density at radius 1 is 1.09 bits per heavy atom. The van der Waals surface area contributed by atoms with Gasteiger partial charge in [-0.1, -0.05) is 46.3 Å². The summed E-state index contributed by atoms with van der Waals surface area (Å²) in [5.41, 5.74) is 3.43. The molecular weight excluding hydrogens is 472 g/mol. The van der Waals surface area contributed by atoms with E-state index >= 15 is 0 Å². The molecule has 0 atom stereocenters. The SMILES string of the molecule is CC1=NN(c2ccc(C(=O)O)cc2)C(=O)/C1=C\c1cc(Br)ccc1OCc1ccccc1. The summed E-state index contributed by atoms with van der Waals surface area (Å²) in [7, 11) is 0. The molecule has 3 aromatic rings. The zero-order valence-electron chi connectivity index (χ0n) is 17.2. The first kappa shape index (κ1) is 21.5. The fraction of sp³-hybridized carbons (Fsp3) is 0.0800. The molecule has 1 N–H and O–H groups in total. The number of carbonyl (C=O) groups excluding carboxylic acids is 1. The third-order valence-corrected chi connectivity index (χ3v) is 5.42. The highest BCUT2D eigenvalue weighted by Gasteiger charge is 2.29. The average molecular weight is 491 g/mol. The molecule has 0 aromatic heterocycles. The lowest BCUT2D eigenvalue weighted by atomic mass is 10.1. The Kier molecular flexibility index (Phi) is 6.18. The van der Waals surface area contributed by atoms with Gasteiger partial charge in [-0.15, -0.1) is 0 Å². The third-order valence-electron chi connectivity index (χ3n) is 4.93. The van der Waals surface area contributed by atoms with Crippen LogP contribution in [0, 0.1) is 0 Å². The second kappa shape index (κ2) is 9.20. The lowest BCUT2D eigenvalue weighted by Gasteiger charge is -2.12. The first-order chi connectivity index (χ1) is 15.4. The highest BCUT2D eigenvalue weighted by Crippen LogP contribution is 2.30. The van der Waals surface area contributed by atoms with Crippen LogP contribution in [-0.2, 0) is 11.4 Å². The third kappa shape index (κ3) is 4.63. The van der Waals surface area contributed by atoms with Crippen molar-refractivity contribution in [2.45, 2.75) is 13.5 Å². The minimum Gasteiger partial charge on any atom is -0.488 e. The van der Waals surface area contributed by atoms with E-state index in [1.165, 1.54) is 17.1 Å². The topological polar surface area (TPSA) is 79.2 Å². The molecule has 1 aliphatic heterocycles. The molecule has 0 bridgehead atoms. The lowest BCUT2D eigenvalue weighted by molar-refractivity contribution is -0.114. The molecule has 160 valence electrons. The summed E-state index contributed by atoms with van der Waals surface area (Å²) in [6, 6.07) is 21.5. The molecule has 0 saturated heterocycles. The highest BCUT2D eigenvalue weighted by molar-refractivity contribution is 9.10. The van der Waals surface area contributed by atoms with Crippen LogP contribution >= 0.6 is 15.9 Å². The first-order valence-corrected chi connectivity index (χ1v) is 10.6. The maximum Gasteiger partial charge on any atom is 0.335 e. The van der Waals surface area contributed by atoms with Crippen molar-refractivity contribution in [2.75, 3.05) is 5.01 Å². The second-order valence-electron chi connectivity index (χ2n) is 7.17. The average Bonchev–Trinajstić information content (AvgIpc) is 3.07. The van der Waals surface area contributed by atoms with Crippen molar-refractivity contribution in [1.29, 1.82) is 0 Å². The number of halogens is 1. The predicted octanol–water partition coefficient (Wildman–Crippen LogP) is 5.53. The van der Waals surface area contributed by atoms with E-state index in [4.69, 9.17) is 9.84 Å². The van der Waals surface area contributed by atoms with Crippen LogP contribution in [0.25, 0.3) is 6.08 Å². The van der Waals surface area contributed by atoms with E-state index in [0.717, 1.165) is 15.6 Å². The number of hydrogen-bond acceptors (Lipinski definition) is 4. The van der Waals surface area contributed by atoms with Gasteiger partial charge in [0.2, 0.25) is 0 Å². The predicted molar refractivity (Wildman–Crippen MR) is 127 cm³/mol. The lowest BCUT2D eigenvalue weighted by Crippen LogP contribution is -2.21. The van der Waals surface area contributed by atoms with E-state index in [1.807, 2.05) is 48.5 Å². The van der Waals surface area contributed by atoms with Crippen molar-refractivity contribution < 1.29 is 19.4 Å². The van der Waals surface area contributed by atoms with Crippen molar-refractivity contribution in [3.05, 3.63) is 99.5 Å². The van der Waals surface area contributed by atoms with Crippen LogP contribution in [0.4, 0.5) is 5.69 Å². The zero-order valence-corrected chi connectivity index (χ0v) is 18.7. The number of carboxylic acid groups (broad SMARTS) is 1. The first-order valence-electron chi connectivity index (χ1n) is 9.84. The van der Waals surface area contributed by atoms with Gasteiger partial charge in [0.05, 0.1) is 22.5 Å². The van der Waals surface area contributed by atoms with Crippen LogP contribution in [0.15, 0.2) is 87.9 Å². The Balaban J connectivity index is 1.61. The number of carboxylic acids is 1. The van der Waals surface area contributed by atoms with Crippen LogP contribution in [0.2, 0.25) is 0 Å². The molecule has 4 rings (SSSR count). The van der Waals surface area contributed by atoms with Gasteiger partial charge >= 0.3 is 5.97 Å². The van der Waals surface area contributed by atoms with E-state index in [0.29, 0.717) is 29.3 Å². The van der Waals surface area contributed by atoms with Crippen molar-refractivity contribution in [1.82, 2.24) is 0 Å². The van der Waals surface area contributed by atoms with E-state index in [2.05, 4.69) is 21.0 Å². The molecule has 6 nitrogen and oxygen atoms in total. The molecule has 0 spiro atoms. The maximum absolute atomic E-state index is 13.1. The standard InChI is InChI=1S/C25H19BrN2O4/c1-16-22(24(29)28(27-16)21-10-7-18(8-11-21)25(30)31)14-19-13-20(26)9-12-23(19)32-15-17-5-3-2-4-6-17/h2-14H,15H2,1H3,(H,30,31)/b22-14-. The van der Waals surface area contributed by atoms with Gasteiger partial charge in [0.15, 0.2) is 0 Å². The van der Waals surface area contributed by atoms with Crippen LogP contribution < -0.4 is 9.75 Å². The van der Waals surface area contributed by atoms with Crippen molar-refractivity contribution in [2.24, 2.45) is 5.10 Å². The number of nitrogens with zero attached hydrogens (tertiary/aromatic N) is 2. The molecule has 1 heterocycles. The normalized spacial score (nSPS) is 14.6. The second-order valence-corrected chi connectivity index (χ2v) is 8.08.